The van der Waals surface area contributed by atoms with E-state index in [1.807, 2.05) is 19.1 Å². The first-order valence-electron chi connectivity index (χ1n) is 10.7. The molecule has 0 atom stereocenters. The number of unbranched alkanes of at least 4 members (excludes halogenated alkanes) is 1. The molecule has 0 fully saturated rings. The number of rotatable bonds is 10. The number of nitrogens with one attached hydrogen (secondary N) is 2. The second kappa shape index (κ2) is 11.2. The molecule has 2 N–H and O–H groups in total. The van der Waals surface area contributed by atoms with Gasteiger partial charge in [0.15, 0.2) is 5.96 Å². The maximum atomic E-state index is 12.4. The van der Waals surface area contributed by atoms with Crippen molar-refractivity contribution in [2.45, 2.75) is 26.2 Å². The highest BCUT2D eigenvalue weighted by Gasteiger charge is 2.34. The summed E-state index contributed by atoms with van der Waals surface area (Å²) in [7, 11) is 1.66. The predicted octanol–water partition coefficient (Wildman–Crippen LogP) is 2.87. The zero-order valence-electron chi connectivity index (χ0n) is 18.2. The maximum absolute atomic E-state index is 12.4. The van der Waals surface area contributed by atoms with Crippen LogP contribution >= 0.6 is 0 Å². The Morgan fingerprint density at radius 3 is 2.26 bits per heavy atom. The van der Waals surface area contributed by atoms with Gasteiger partial charge in [0, 0.05) is 26.2 Å². The molecule has 0 saturated carbocycles. The van der Waals surface area contributed by atoms with E-state index in [4.69, 9.17) is 4.74 Å². The fraction of sp³-hybridized carbons (Fsp3) is 0.375. The Balaban J connectivity index is 1.40. The number of nitrogens with zero attached hydrogens (tertiary/aromatic N) is 2. The van der Waals surface area contributed by atoms with Crippen LogP contribution in [0.3, 0.4) is 0 Å². The van der Waals surface area contributed by atoms with Gasteiger partial charge in [0.1, 0.15) is 5.75 Å². The first-order chi connectivity index (χ1) is 15.1. The van der Waals surface area contributed by atoms with E-state index in [1.54, 1.807) is 31.4 Å². The number of imide groups is 1. The number of ether oxygens (including phenoxy) is 1. The van der Waals surface area contributed by atoms with Crippen LogP contribution in [0.1, 0.15) is 46.0 Å². The van der Waals surface area contributed by atoms with E-state index in [1.165, 1.54) is 10.5 Å². The molecule has 0 spiro atoms. The normalized spacial score (nSPS) is 13.4. The minimum atomic E-state index is -0.197. The Bertz CT molecular complexity index is 890. The van der Waals surface area contributed by atoms with Gasteiger partial charge >= 0.3 is 0 Å². The Kier molecular flexibility index (Phi) is 8.04. The highest BCUT2D eigenvalue weighted by molar-refractivity contribution is 6.21. The summed E-state index contributed by atoms with van der Waals surface area (Å²) >= 11 is 0. The van der Waals surface area contributed by atoms with Crippen LogP contribution in [0.15, 0.2) is 53.5 Å². The monoisotopic (exact) mass is 422 g/mol. The summed E-state index contributed by atoms with van der Waals surface area (Å²) in [5.41, 5.74) is 2.23. The van der Waals surface area contributed by atoms with Crippen LogP contribution < -0.4 is 15.4 Å². The van der Waals surface area contributed by atoms with E-state index >= 15 is 0 Å². The van der Waals surface area contributed by atoms with Gasteiger partial charge in [-0.05, 0) is 56.0 Å². The summed E-state index contributed by atoms with van der Waals surface area (Å²) < 4.78 is 5.18. The fourth-order valence-electron chi connectivity index (χ4n) is 3.47. The lowest BCUT2D eigenvalue weighted by Crippen LogP contribution is -2.38. The molecule has 0 saturated heterocycles. The van der Waals surface area contributed by atoms with Crippen LogP contribution in [0.2, 0.25) is 0 Å². The molecule has 1 heterocycles. The van der Waals surface area contributed by atoms with Gasteiger partial charge in [-0.1, -0.05) is 24.3 Å². The Hall–Kier alpha value is -3.35. The molecule has 7 heteroatoms. The van der Waals surface area contributed by atoms with Crippen LogP contribution in [0.4, 0.5) is 0 Å². The molecule has 3 rings (SSSR count). The number of fused-ring (bicyclic) bond motifs is 1. The number of amides is 2. The van der Waals surface area contributed by atoms with Gasteiger partial charge in [-0.15, -0.1) is 0 Å². The first-order valence-corrected chi connectivity index (χ1v) is 10.7. The minimum Gasteiger partial charge on any atom is -0.497 e. The molecule has 31 heavy (non-hydrogen) atoms. The number of carbonyl (C=O) groups excluding carboxylic acids is 2. The third-order valence-corrected chi connectivity index (χ3v) is 5.15. The quantitative estimate of drug-likeness (QED) is 0.266. The van der Waals surface area contributed by atoms with Gasteiger partial charge in [0.25, 0.3) is 11.8 Å². The van der Waals surface area contributed by atoms with Crippen molar-refractivity contribution < 1.29 is 14.3 Å². The summed E-state index contributed by atoms with van der Waals surface area (Å²) in [5, 5.41) is 6.59. The van der Waals surface area contributed by atoms with E-state index in [2.05, 4.69) is 27.8 Å². The zero-order valence-corrected chi connectivity index (χ0v) is 18.2. The summed E-state index contributed by atoms with van der Waals surface area (Å²) in [6.45, 7) is 4.63. The summed E-state index contributed by atoms with van der Waals surface area (Å²) in [4.78, 5) is 30.7. The van der Waals surface area contributed by atoms with E-state index in [0.29, 0.717) is 24.2 Å². The molecular weight excluding hydrogens is 392 g/mol. The van der Waals surface area contributed by atoms with Crippen molar-refractivity contribution in [1.29, 1.82) is 0 Å². The molecule has 7 nitrogen and oxygen atoms in total. The van der Waals surface area contributed by atoms with Crippen LogP contribution in [0.5, 0.6) is 5.75 Å². The van der Waals surface area contributed by atoms with Gasteiger partial charge in [-0.25, -0.2) is 0 Å². The van der Waals surface area contributed by atoms with Crippen LogP contribution in [0, 0.1) is 0 Å². The number of aliphatic imine (C=N–C) groups is 1. The Morgan fingerprint density at radius 2 is 1.65 bits per heavy atom. The Labute approximate surface area is 183 Å². The van der Waals surface area contributed by atoms with Crippen LogP contribution in [-0.4, -0.2) is 56.0 Å². The Morgan fingerprint density at radius 1 is 0.968 bits per heavy atom. The maximum Gasteiger partial charge on any atom is 0.261 e. The van der Waals surface area contributed by atoms with Crippen LogP contribution in [-0.2, 0) is 6.42 Å². The van der Waals surface area contributed by atoms with Crippen molar-refractivity contribution in [1.82, 2.24) is 15.5 Å². The second-order valence-corrected chi connectivity index (χ2v) is 7.30. The highest BCUT2D eigenvalue weighted by atomic mass is 16.5. The minimum absolute atomic E-state index is 0.197. The fourth-order valence-corrected chi connectivity index (χ4v) is 3.47. The molecule has 0 unspecified atom stereocenters. The van der Waals surface area contributed by atoms with Crippen molar-refractivity contribution in [2.75, 3.05) is 33.3 Å². The van der Waals surface area contributed by atoms with E-state index in [0.717, 1.165) is 44.1 Å². The molecule has 0 bridgehead atoms. The first kappa shape index (κ1) is 22.3. The molecule has 0 aromatic heterocycles. The van der Waals surface area contributed by atoms with Crippen molar-refractivity contribution in [3.05, 3.63) is 65.2 Å². The largest absolute Gasteiger partial charge is 0.497 e. The van der Waals surface area contributed by atoms with Crippen molar-refractivity contribution in [2.24, 2.45) is 4.99 Å². The van der Waals surface area contributed by atoms with Gasteiger partial charge in [0.2, 0.25) is 0 Å². The van der Waals surface area contributed by atoms with Gasteiger partial charge in [0.05, 0.1) is 18.2 Å². The molecule has 0 radical (unpaired) electrons. The number of methoxy groups -OCH3 is 1. The lowest BCUT2D eigenvalue weighted by Gasteiger charge is -2.14. The van der Waals surface area contributed by atoms with Crippen molar-refractivity contribution in [3.63, 3.8) is 0 Å². The molecule has 164 valence electrons. The lowest BCUT2D eigenvalue weighted by molar-refractivity contribution is 0.0652. The number of carbonyl (C=O) groups is 2. The molecule has 2 aromatic carbocycles. The van der Waals surface area contributed by atoms with Crippen molar-refractivity contribution >= 4 is 17.8 Å². The predicted molar refractivity (Wildman–Crippen MR) is 122 cm³/mol. The molecule has 1 aliphatic rings. The standard InChI is InChI=1S/C24H30N4O3/c1-3-25-24(27-16-14-18-10-12-19(31-2)13-11-18)26-15-6-7-17-28-22(29)20-8-4-5-9-21(20)23(28)30/h4-5,8-13H,3,6-7,14-17H2,1-2H3,(H2,25,26,27). The van der Waals surface area contributed by atoms with E-state index < -0.39 is 0 Å². The van der Waals surface area contributed by atoms with E-state index in [-0.39, 0.29) is 11.8 Å². The number of hydrogen-bond donors (Lipinski definition) is 2. The average molecular weight is 423 g/mol. The number of hydrogen-bond acceptors (Lipinski definition) is 4. The highest BCUT2D eigenvalue weighted by Crippen LogP contribution is 2.22. The third-order valence-electron chi connectivity index (χ3n) is 5.15. The SMILES string of the molecule is CCNC(=NCCCCN1C(=O)c2ccccc2C1=O)NCCc1ccc(OC)cc1. The van der Waals surface area contributed by atoms with Gasteiger partial charge in [-0.3, -0.25) is 19.5 Å². The molecule has 2 aromatic rings. The average Bonchev–Trinajstić information content (AvgIpc) is 3.04. The summed E-state index contributed by atoms with van der Waals surface area (Å²) in [5.74, 6) is 1.24. The van der Waals surface area contributed by atoms with E-state index in [9.17, 15) is 9.59 Å². The number of benzene rings is 2. The lowest BCUT2D eigenvalue weighted by atomic mass is 10.1. The zero-order chi connectivity index (χ0) is 22.1. The third kappa shape index (κ3) is 5.84. The van der Waals surface area contributed by atoms with Gasteiger partial charge in [-0.2, -0.15) is 0 Å². The van der Waals surface area contributed by atoms with Crippen LogP contribution in [0.25, 0.3) is 0 Å². The summed E-state index contributed by atoms with van der Waals surface area (Å²) in [6.07, 6.45) is 2.40. The molecule has 1 aliphatic heterocycles. The molecular formula is C24H30N4O3. The molecule has 0 aliphatic carbocycles. The summed E-state index contributed by atoms with van der Waals surface area (Å²) in [6, 6.07) is 15.0. The van der Waals surface area contributed by atoms with Gasteiger partial charge < -0.3 is 15.4 Å². The number of guanidine groups is 1. The molecule has 2 amide bonds. The smallest absolute Gasteiger partial charge is 0.261 e. The topological polar surface area (TPSA) is 83.0 Å². The second-order valence-electron chi connectivity index (χ2n) is 7.30. The van der Waals surface area contributed by atoms with Crippen molar-refractivity contribution in [3.8, 4) is 5.75 Å².